The summed E-state index contributed by atoms with van der Waals surface area (Å²) in [7, 11) is 0. The fourth-order valence-electron chi connectivity index (χ4n) is 3.21. The molecule has 0 heterocycles. The number of unbranched alkanes of at least 4 members (excludes halogenated alkanes) is 1. The monoisotopic (exact) mass is 442 g/mol. The van der Waals surface area contributed by atoms with E-state index in [-0.39, 0.29) is 18.2 Å². The van der Waals surface area contributed by atoms with E-state index in [9.17, 15) is 9.59 Å². The highest BCUT2D eigenvalue weighted by Crippen LogP contribution is 2.19. The predicted octanol–water partition coefficient (Wildman–Crippen LogP) is 6.22. The number of allylic oxidation sites excluding steroid dienone is 1. The van der Waals surface area contributed by atoms with Crippen LogP contribution in [0.1, 0.15) is 50.2 Å². The Bertz CT molecular complexity index is 1060. The first-order valence-electron chi connectivity index (χ1n) is 11.2. The molecule has 4 heteroatoms. The first-order chi connectivity index (χ1) is 16.0. The van der Waals surface area contributed by atoms with Crippen LogP contribution in [0.3, 0.4) is 0 Å². The zero-order chi connectivity index (χ0) is 23.5. The second kappa shape index (κ2) is 12.5. The van der Waals surface area contributed by atoms with Crippen LogP contribution in [-0.2, 0) is 9.47 Å². The molecule has 0 aliphatic carbocycles. The van der Waals surface area contributed by atoms with Crippen LogP contribution in [0.15, 0.2) is 84.9 Å². The van der Waals surface area contributed by atoms with Gasteiger partial charge < -0.3 is 9.47 Å². The smallest absolute Gasteiger partial charge is 0.189 e. The number of benzene rings is 3. The molecule has 0 aliphatic rings. The summed E-state index contributed by atoms with van der Waals surface area (Å²) in [5.74, 6) is 0.445. The van der Waals surface area contributed by atoms with Crippen LogP contribution in [-0.4, -0.2) is 31.4 Å². The highest BCUT2D eigenvalue weighted by Gasteiger charge is 2.09. The molecular formula is C29H30O4. The maximum absolute atomic E-state index is 12.8. The van der Waals surface area contributed by atoms with Crippen molar-refractivity contribution in [1.29, 1.82) is 0 Å². The van der Waals surface area contributed by atoms with Gasteiger partial charge in [-0.1, -0.05) is 90.0 Å². The van der Waals surface area contributed by atoms with Crippen molar-refractivity contribution in [3.63, 3.8) is 0 Å². The lowest BCUT2D eigenvalue weighted by molar-refractivity contribution is 0.0746. The standard InChI is InChI=1S/C29H30O4/c1-22-10-14-25(15-11-22)27(30)20-29(26-16-12-23(2)13-17-26)33-19-7-6-18-32-21-28(31)24-8-4-3-5-9-24/h3-5,8-17,20H,6-7,18-19,21H2,1-2H3/b29-20+. The van der Waals surface area contributed by atoms with Crippen molar-refractivity contribution < 1.29 is 19.1 Å². The zero-order valence-corrected chi connectivity index (χ0v) is 19.3. The Labute approximate surface area is 195 Å². The van der Waals surface area contributed by atoms with E-state index in [2.05, 4.69) is 0 Å². The van der Waals surface area contributed by atoms with Crippen LogP contribution >= 0.6 is 0 Å². The lowest BCUT2D eigenvalue weighted by atomic mass is 10.1. The van der Waals surface area contributed by atoms with Crippen molar-refractivity contribution in [3.8, 4) is 0 Å². The molecule has 0 radical (unpaired) electrons. The van der Waals surface area contributed by atoms with E-state index in [1.54, 1.807) is 18.2 Å². The number of rotatable bonds is 12. The molecule has 0 spiro atoms. The highest BCUT2D eigenvalue weighted by atomic mass is 16.5. The molecule has 0 saturated carbocycles. The quantitative estimate of drug-likeness (QED) is 0.145. The van der Waals surface area contributed by atoms with E-state index < -0.39 is 0 Å². The number of aryl methyl sites for hydroxylation is 2. The Kier molecular flexibility index (Phi) is 9.16. The SMILES string of the molecule is Cc1ccc(C(=O)/C=C(/OCCCCOCC(=O)c2ccccc2)c2ccc(C)cc2)cc1. The normalized spacial score (nSPS) is 11.3. The molecule has 0 bridgehead atoms. The van der Waals surface area contributed by atoms with Gasteiger partial charge in [0.2, 0.25) is 0 Å². The molecule has 0 saturated heterocycles. The molecule has 170 valence electrons. The molecule has 33 heavy (non-hydrogen) atoms. The lowest BCUT2D eigenvalue weighted by Crippen LogP contribution is -2.10. The van der Waals surface area contributed by atoms with Crippen LogP contribution in [0.2, 0.25) is 0 Å². The molecule has 0 unspecified atom stereocenters. The molecule has 0 amide bonds. The molecule has 0 atom stereocenters. The van der Waals surface area contributed by atoms with Gasteiger partial charge in [0.15, 0.2) is 11.6 Å². The van der Waals surface area contributed by atoms with Crippen molar-refractivity contribution in [1.82, 2.24) is 0 Å². The van der Waals surface area contributed by atoms with E-state index in [1.165, 1.54) is 0 Å². The summed E-state index contributed by atoms with van der Waals surface area (Å²) in [4.78, 5) is 24.8. The molecular weight excluding hydrogens is 412 g/mol. The first-order valence-corrected chi connectivity index (χ1v) is 11.2. The maximum Gasteiger partial charge on any atom is 0.189 e. The molecule has 0 aromatic heterocycles. The fourth-order valence-corrected chi connectivity index (χ4v) is 3.21. The first kappa shape index (κ1) is 24.1. The summed E-state index contributed by atoms with van der Waals surface area (Å²) in [6.45, 7) is 5.02. The molecule has 0 N–H and O–H groups in total. The average molecular weight is 443 g/mol. The second-order valence-corrected chi connectivity index (χ2v) is 8.00. The molecule has 4 nitrogen and oxygen atoms in total. The Morgan fingerprint density at radius 2 is 1.27 bits per heavy atom. The van der Waals surface area contributed by atoms with Gasteiger partial charge in [-0.3, -0.25) is 9.59 Å². The Hall–Kier alpha value is -3.50. The molecule has 3 aromatic rings. The van der Waals surface area contributed by atoms with E-state index in [1.807, 2.05) is 80.6 Å². The minimum atomic E-state index is -0.0895. The van der Waals surface area contributed by atoms with Crippen molar-refractivity contribution in [2.45, 2.75) is 26.7 Å². The zero-order valence-electron chi connectivity index (χ0n) is 19.3. The summed E-state index contributed by atoms with van der Waals surface area (Å²) >= 11 is 0. The minimum absolute atomic E-state index is 0.0222. The fraction of sp³-hybridized carbons (Fsp3) is 0.241. The minimum Gasteiger partial charge on any atom is -0.493 e. The summed E-state index contributed by atoms with van der Waals surface area (Å²) < 4.78 is 11.5. The van der Waals surface area contributed by atoms with Gasteiger partial charge in [0.25, 0.3) is 0 Å². The topological polar surface area (TPSA) is 52.6 Å². The number of hydrogen-bond acceptors (Lipinski definition) is 4. The van der Waals surface area contributed by atoms with E-state index in [0.29, 0.717) is 30.1 Å². The van der Waals surface area contributed by atoms with Crippen LogP contribution in [0, 0.1) is 13.8 Å². The van der Waals surface area contributed by atoms with Crippen molar-refractivity contribution in [2.24, 2.45) is 0 Å². The van der Waals surface area contributed by atoms with Crippen LogP contribution in [0.5, 0.6) is 0 Å². The molecule has 3 rings (SSSR count). The second-order valence-electron chi connectivity index (χ2n) is 8.00. The molecule has 3 aromatic carbocycles. The summed E-state index contributed by atoms with van der Waals surface area (Å²) in [6.07, 6.45) is 3.07. The Morgan fingerprint density at radius 1 is 0.697 bits per heavy atom. The Morgan fingerprint density at radius 3 is 1.91 bits per heavy atom. The summed E-state index contributed by atoms with van der Waals surface area (Å²) in [5.41, 5.74) is 4.41. The van der Waals surface area contributed by atoms with Gasteiger partial charge in [0.1, 0.15) is 12.4 Å². The lowest BCUT2D eigenvalue weighted by Gasteiger charge is -2.12. The largest absolute Gasteiger partial charge is 0.493 e. The van der Waals surface area contributed by atoms with E-state index in [4.69, 9.17) is 9.47 Å². The van der Waals surface area contributed by atoms with Crippen molar-refractivity contribution in [2.75, 3.05) is 19.8 Å². The van der Waals surface area contributed by atoms with Crippen LogP contribution in [0.4, 0.5) is 0 Å². The number of carbonyl (C=O) groups is 2. The van der Waals surface area contributed by atoms with Crippen molar-refractivity contribution in [3.05, 3.63) is 113 Å². The predicted molar refractivity (Wildman–Crippen MR) is 131 cm³/mol. The van der Waals surface area contributed by atoms with Gasteiger partial charge in [0, 0.05) is 29.4 Å². The van der Waals surface area contributed by atoms with Gasteiger partial charge in [-0.25, -0.2) is 0 Å². The Balaban J connectivity index is 1.50. The van der Waals surface area contributed by atoms with Crippen LogP contribution in [0.25, 0.3) is 5.76 Å². The van der Waals surface area contributed by atoms with Gasteiger partial charge in [0.05, 0.1) is 6.61 Å². The van der Waals surface area contributed by atoms with Gasteiger partial charge >= 0.3 is 0 Å². The van der Waals surface area contributed by atoms with Gasteiger partial charge in [-0.15, -0.1) is 0 Å². The van der Waals surface area contributed by atoms with E-state index >= 15 is 0 Å². The van der Waals surface area contributed by atoms with Gasteiger partial charge in [-0.05, 0) is 26.7 Å². The number of ketones is 2. The third kappa shape index (κ3) is 7.85. The number of carbonyl (C=O) groups excluding carboxylic acids is 2. The van der Waals surface area contributed by atoms with Crippen molar-refractivity contribution >= 4 is 17.3 Å². The molecule has 0 fully saturated rings. The summed E-state index contributed by atoms with van der Waals surface area (Å²) in [5, 5.41) is 0. The van der Waals surface area contributed by atoms with Gasteiger partial charge in [-0.2, -0.15) is 0 Å². The summed E-state index contributed by atoms with van der Waals surface area (Å²) in [6, 6.07) is 24.6. The van der Waals surface area contributed by atoms with Crippen LogP contribution < -0.4 is 0 Å². The number of Topliss-reactive ketones (excluding diaryl/α,β-unsaturated/α-hetero) is 1. The third-order valence-corrected chi connectivity index (χ3v) is 5.20. The third-order valence-electron chi connectivity index (χ3n) is 5.20. The van der Waals surface area contributed by atoms with E-state index in [0.717, 1.165) is 29.5 Å². The average Bonchev–Trinajstić information content (AvgIpc) is 2.84. The molecule has 0 aliphatic heterocycles. The number of ether oxygens (including phenoxy) is 2. The highest BCUT2D eigenvalue weighted by molar-refractivity contribution is 6.07. The number of hydrogen-bond donors (Lipinski definition) is 0. The maximum atomic E-state index is 12.8.